The summed E-state index contributed by atoms with van der Waals surface area (Å²) in [7, 11) is 0. The number of morpholine rings is 1. The van der Waals surface area contributed by atoms with Crippen LogP contribution in [0.4, 0.5) is 0 Å². The van der Waals surface area contributed by atoms with Gasteiger partial charge in [0.05, 0.1) is 25.6 Å². The Bertz CT molecular complexity index is 440. The van der Waals surface area contributed by atoms with Gasteiger partial charge >= 0.3 is 0 Å². The topological polar surface area (TPSA) is 62.9 Å². The maximum atomic E-state index is 11.4. The van der Waals surface area contributed by atoms with Crippen molar-refractivity contribution in [3.8, 4) is 5.75 Å². The smallest absolute Gasteiger partial charge is 0.227 e. The third-order valence-electron chi connectivity index (χ3n) is 2.65. The van der Waals surface area contributed by atoms with E-state index in [2.05, 4.69) is 4.90 Å². The molecular formula is C11H14ClNO4. The van der Waals surface area contributed by atoms with Crippen molar-refractivity contribution < 1.29 is 14.3 Å². The maximum Gasteiger partial charge on any atom is 0.227 e. The Balaban J connectivity index is 2.18. The molecule has 2 heterocycles. The number of halogens is 1. The van der Waals surface area contributed by atoms with Crippen LogP contribution in [0.25, 0.3) is 0 Å². The third kappa shape index (κ3) is 3.00. The minimum atomic E-state index is -0.449. The zero-order valence-electron chi connectivity index (χ0n) is 9.32. The highest BCUT2D eigenvalue weighted by atomic mass is 35.5. The molecule has 0 unspecified atom stereocenters. The van der Waals surface area contributed by atoms with Crippen LogP contribution >= 0.6 is 11.6 Å². The summed E-state index contributed by atoms with van der Waals surface area (Å²) in [5, 5.41) is 9.64. The molecule has 1 aliphatic heterocycles. The van der Waals surface area contributed by atoms with Gasteiger partial charge < -0.3 is 14.3 Å². The Morgan fingerprint density at radius 2 is 2.12 bits per heavy atom. The maximum absolute atomic E-state index is 11.4. The fourth-order valence-electron chi connectivity index (χ4n) is 1.72. The van der Waals surface area contributed by atoms with Gasteiger partial charge in [0.15, 0.2) is 5.76 Å². The second kappa shape index (κ2) is 5.53. The monoisotopic (exact) mass is 259 g/mol. The molecule has 0 aromatic carbocycles. The highest BCUT2D eigenvalue weighted by molar-refractivity contribution is 6.16. The van der Waals surface area contributed by atoms with Crippen LogP contribution in [0.2, 0.25) is 0 Å². The molecule has 1 saturated heterocycles. The molecule has 0 radical (unpaired) electrons. The van der Waals surface area contributed by atoms with Crippen LogP contribution in [0.5, 0.6) is 5.75 Å². The molecule has 0 spiro atoms. The first-order chi connectivity index (χ1) is 8.20. The lowest BCUT2D eigenvalue weighted by Crippen LogP contribution is -2.35. The summed E-state index contributed by atoms with van der Waals surface area (Å²) in [6, 6.07) is 1.21. The van der Waals surface area contributed by atoms with Crippen molar-refractivity contribution in [1.82, 2.24) is 4.90 Å². The van der Waals surface area contributed by atoms with E-state index < -0.39 is 5.43 Å². The minimum absolute atomic E-state index is 0.117. The number of nitrogens with zero attached hydrogens (tertiary/aromatic N) is 1. The van der Waals surface area contributed by atoms with Gasteiger partial charge in [-0.25, -0.2) is 0 Å². The highest BCUT2D eigenvalue weighted by Crippen LogP contribution is 2.17. The summed E-state index contributed by atoms with van der Waals surface area (Å²) in [6.07, 6.45) is 0. The van der Waals surface area contributed by atoms with Crippen LogP contribution in [0, 0.1) is 0 Å². The molecule has 0 bridgehead atoms. The number of rotatable bonds is 3. The van der Waals surface area contributed by atoms with Crippen molar-refractivity contribution in [2.24, 2.45) is 0 Å². The molecule has 1 N–H and O–H groups in total. The van der Waals surface area contributed by atoms with Gasteiger partial charge in [0.2, 0.25) is 11.2 Å². The van der Waals surface area contributed by atoms with E-state index in [-0.39, 0.29) is 17.4 Å². The van der Waals surface area contributed by atoms with Crippen molar-refractivity contribution in [3.63, 3.8) is 0 Å². The fourth-order valence-corrected chi connectivity index (χ4v) is 1.86. The van der Waals surface area contributed by atoms with E-state index in [0.717, 1.165) is 13.1 Å². The number of ether oxygens (including phenoxy) is 1. The molecular weight excluding hydrogens is 246 g/mol. The third-order valence-corrected chi connectivity index (χ3v) is 2.91. The Morgan fingerprint density at radius 1 is 1.41 bits per heavy atom. The van der Waals surface area contributed by atoms with Crippen LogP contribution < -0.4 is 5.43 Å². The molecule has 1 aromatic heterocycles. The Labute approximate surface area is 104 Å². The van der Waals surface area contributed by atoms with Gasteiger partial charge in [0, 0.05) is 19.2 Å². The van der Waals surface area contributed by atoms with Gasteiger partial charge in [0.25, 0.3) is 0 Å². The molecule has 17 heavy (non-hydrogen) atoms. The van der Waals surface area contributed by atoms with E-state index >= 15 is 0 Å². The average Bonchev–Trinajstić information content (AvgIpc) is 2.36. The summed E-state index contributed by atoms with van der Waals surface area (Å²) in [6.45, 7) is 3.22. The number of hydrogen-bond donors (Lipinski definition) is 1. The van der Waals surface area contributed by atoms with E-state index in [1.165, 1.54) is 6.07 Å². The molecule has 0 aliphatic carbocycles. The first-order valence-electron chi connectivity index (χ1n) is 5.41. The van der Waals surface area contributed by atoms with E-state index in [4.69, 9.17) is 20.8 Å². The molecule has 6 heteroatoms. The lowest BCUT2D eigenvalue weighted by molar-refractivity contribution is 0.0304. The summed E-state index contributed by atoms with van der Waals surface area (Å²) < 4.78 is 10.6. The molecule has 1 fully saturated rings. The normalized spacial score (nSPS) is 17.2. The van der Waals surface area contributed by atoms with Gasteiger partial charge in [-0.1, -0.05) is 0 Å². The fraction of sp³-hybridized carbons (Fsp3) is 0.545. The molecule has 1 aliphatic rings. The Morgan fingerprint density at radius 3 is 2.76 bits per heavy atom. The molecule has 94 valence electrons. The van der Waals surface area contributed by atoms with Crippen molar-refractivity contribution in [3.05, 3.63) is 27.8 Å². The van der Waals surface area contributed by atoms with Crippen molar-refractivity contribution in [2.45, 2.75) is 12.4 Å². The van der Waals surface area contributed by atoms with Gasteiger partial charge in [-0.3, -0.25) is 9.69 Å². The van der Waals surface area contributed by atoms with Crippen molar-refractivity contribution in [1.29, 1.82) is 0 Å². The molecule has 1 aromatic rings. The standard InChI is InChI=1S/C11H14ClNO4/c12-6-8-5-9(14)11(15)10(17-8)7-13-1-3-16-4-2-13/h5,15H,1-4,6-7H2. The van der Waals surface area contributed by atoms with E-state index in [0.29, 0.717) is 25.5 Å². The van der Waals surface area contributed by atoms with E-state index in [9.17, 15) is 9.90 Å². The molecule has 0 atom stereocenters. The van der Waals surface area contributed by atoms with Crippen molar-refractivity contribution in [2.75, 3.05) is 26.3 Å². The predicted molar refractivity (Wildman–Crippen MR) is 62.3 cm³/mol. The average molecular weight is 260 g/mol. The van der Waals surface area contributed by atoms with Gasteiger partial charge in [-0.2, -0.15) is 0 Å². The van der Waals surface area contributed by atoms with Crippen LogP contribution in [0.3, 0.4) is 0 Å². The van der Waals surface area contributed by atoms with Gasteiger partial charge in [-0.05, 0) is 0 Å². The molecule has 0 saturated carbocycles. The van der Waals surface area contributed by atoms with Crippen LogP contribution in [-0.2, 0) is 17.2 Å². The summed E-state index contributed by atoms with van der Waals surface area (Å²) in [5.41, 5.74) is -0.449. The first-order valence-corrected chi connectivity index (χ1v) is 5.95. The summed E-state index contributed by atoms with van der Waals surface area (Å²) >= 11 is 5.62. The SMILES string of the molecule is O=c1cc(CCl)oc(CN2CCOCC2)c1O. The molecule has 5 nitrogen and oxygen atoms in total. The van der Waals surface area contributed by atoms with Crippen LogP contribution in [0.1, 0.15) is 11.5 Å². The van der Waals surface area contributed by atoms with E-state index in [1.807, 2.05) is 0 Å². The van der Waals surface area contributed by atoms with Gasteiger partial charge in [-0.15, -0.1) is 11.6 Å². The molecule has 2 rings (SSSR count). The lowest BCUT2D eigenvalue weighted by atomic mass is 10.3. The quantitative estimate of drug-likeness (QED) is 0.818. The number of alkyl halides is 1. The van der Waals surface area contributed by atoms with Crippen LogP contribution in [-0.4, -0.2) is 36.3 Å². The Hall–Kier alpha value is -1.04. The van der Waals surface area contributed by atoms with Gasteiger partial charge in [0.1, 0.15) is 5.76 Å². The van der Waals surface area contributed by atoms with Crippen molar-refractivity contribution >= 4 is 11.6 Å². The number of hydrogen-bond acceptors (Lipinski definition) is 5. The van der Waals surface area contributed by atoms with Crippen LogP contribution in [0.15, 0.2) is 15.3 Å². The zero-order chi connectivity index (χ0) is 12.3. The molecule has 0 amide bonds. The second-order valence-corrected chi connectivity index (χ2v) is 4.14. The first kappa shape index (κ1) is 12.4. The lowest BCUT2D eigenvalue weighted by Gasteiger charge is -2.26. The summed E-state index contributed by atoms with van der Waals surface area (Å²) in [5.74, 6) is 0.434. The zero-order valence-corrected chi connectivity index (χ0v) is 10.1. The Kier molecular flexibility index (Phi) is 4.04. The predicted octanol–water partition coefficient (Wildman–Crippen LogP) is 0.916. The highest BCUT2D eigenvalue weighted by Gasteiger charge is 2.17. The summed E-state index contributed by atoms with van der Waals surface area (Å²) in [4.78, 5) is 13.5. The van der Waals surface area contributed by atoms with E-state index in [1.54, 1.807) is 0 Å². The minimum Gasteiger partial charge on any atom is -0.502 e. The second-order valence-electron chi connectivity index (χ2n) is 3.87. The largest absolute Gasteiger partial charge is 0.502 e. The number of aromatic hydroxyl groups is 1.